The van der Waals surface area contributed by atoms with Crippen molar-refractivity contribution in [2.45, 2.75) is 64.0 Å². The maximum absolute atomic E-state index is 14.8. The number of carbonyl (C=O) groups excluding carboxylic acids is 1. The molecule has 0 aliphatic carbocycles. The number of benzene rings is 1. The van der Waals surface area contributed by atoms with Crippen molar-refractivity contribution in [3.63, 3.8) is 0 Å². The van der Waals surface area contributed by atoms with Crippen molar-refractivity contribution in [2.75, 3.05) is 13.7 Å². The normalized spacial score (nSPS) is 15.1. The fraction of sp³-hybridized carbons (Fsp3) is 0.632. The van der Waals surface area contributed by atoms with Crippen LogP contribution in [-0.4, -0.2) is 39.8 Å². The molecule has 1 aromatic rings. The van der Waals surface area contributed by atoms with E-state index in [0.29, 0.717) is 0 Å². The summed E-state index contributed by atoms with van der Waals surface area (Å²) in [5, 5.41) is 0. The Balaban J connectivity index is 3.60. The Kier molecular flexibility index (Phi) is 7.33. The van der Waals surface area contributed by atoms with Gasteiger partial charge in [0, 0.05) is 6.42 Å². The van der Waals surface area contributed by atoms with E-state index in [9.17, 15) is 22.4 Å². The standard InChI is InChI=1S/C19H28F4O4Si/c1-8-26-16(24)18(19(21,22)23,27-28(5,6)7)12-17(2,3)13-10-9-11-14(25-4)15(13)20/h9-11H,8,12H2,1-7H3. The average Bonchev–Trinajstić information content (AvgIpc) is 2.51. The highest BCUT2D eigenvalue weighted by molar-refractivity contribution is 6.70. The molecule has 0 N–H and O–H groups in total. The number of rotatable bonds is 8. The Morgan fingerprint density at radius 2 is 1.71 bits per heavy atom. The molecule has 0 saturated heterocycles. The predicted octanol–water partition coefficient (Wildman–Crippen LogP) is 5.22. The zero-order valence-corrected chi connectivity index (χ0v) is 18.3. The summed E-state index contributed by atoms with van der Waals surface area (Å²) in [6.45, 7) is 8.68. The van der Waals surface area contributed by atoms with E-state index in [1.54, 1.807) is 19.6 Å². The van der Waals surface area contributed by atoms with E-state index in [-0.39, 0.29) is 17.9 Å². The van der Waals surface area contributed by atoms with E-state index in [2.05, 4.69) is 0 Å². The zero-order chi connectivity index (χ0) is 22.0. The van der Waals surface area contributed by atoms with E-state index in [1.807, 2.05) is 0 Å². The Labute approximate surface area is 164 Å². The number of esters is 1. The minimum atomic E-state index is -5.05. The van der Waals surface area contributed by atoms with Crippen LogP contribution in [0.25, 0.3) is 0 Å². The van der Waals surface area contributed by atoms with Gasteiger partial charge in [0.1, 0.15) is 0 Å². The first-order valence-corrected chi connectivity index (χ1v) is 12.3. The third kappa shape index (κ3) is 5.25. The third-order valence-corrected chi connectivity index (χ3v) is 5.11. The van der Waals surface area contributed by atoms with Gasteiger partial charge in [-0.3, -0.25) is 0 Å². The summed E-state index contributed by atoms with van der Waals surface area (Å²) in [6.07, 6.45) is -5.89. The van der Waals surface area contributed by atoms with Gasteiger partial charge >= 0.3 is 12.1 Å². The molecule has 0 aliphatic heterocycles. The lowest BCUT2D eigenvalue weighted by molar-refractivity contribution is -0.261. The molecular formula is C19H28F4O4Si. The van der Waals surface area contributed by atoms with Gasteiger partial charge in [-0.25, -0.2) is 9.18 Å². The summed E-state index contributed by atoms with van der Waals surface area (Å²) >= 11 is 0. The van der Waals surface area contributed by atoms with Gasteiger partial charge in [-0.15, -0.1) is 0 Å². The smallest absolute Gasteiger partial charge is 0.427 e. The number of carbonyl (C=O) groups is 1. The van der Waals surface area contributed by atoms with Gasteiger partial charge in [0.05, 0.1) is 13.7 Å². The lowest BCUT2D eigenvalue weighted by atomic mass is 9.74. The fourth-order valence-corrected chi connectivity index (χ4v) is 4.42. The highest BCUT2D eigenvalue weighted by Gasteiger charge is 2.66. The van der Waals surface area contributed by atoms with E-state index in [0.717, 1.165) is 0 Å². The zero-order valence-electron chi connectivity index (χ0n) is 17.3. The van der Waals surface area contributed by atoms with Crippen LogP contribution in [0, 0.1) is 5.82 Å². The first-order chi connectivity index (χ1) is 12.6. The topological polar surface area (TPSA) is 44.8 Å². The van der Waals surface area contributed by atoms with E-state index >= 15 is 0 Å². The van der Waals surface area contributed by atoms with Crippen molar-refractivity contribution in [2.24, 2.45) is 0 Å². The van der Waals surface area contributed by atoms with E-state index in [1.165, 1.54) is 46.1 Å². The number of methoxy groups -OCH3 is 1. The molecule has 9 heteroatoms. The minimum Gasteiger partial charge on any atom is -0.494 e. The molecule has 0 bridgehead atoms. The van der Waals surface area contributed by atoms with Crippen LogP contribution in [-0.2, 0) is 19.4 Å². The molecular weight excluding hydrogens is 396 g/mol. The highest BCUT2D eigenvalue weighted by atomic mass is 28.4. The molecule has 0 heterocycles. The summed E-state index contributed by atoms with van der Waals surface area (Å²) in [4.78, 5) is 12.5. The van der Waals surface area contributed by atoms with Gasteiger partial charge in [0.25, 0.3) is 5.60 Å². The molecule has 1 unspecified atom stereocenters. The average molecular weight is 425 g/mol. The predicted molar refractivity (Wildman–Crippen MR) is 100 cm³/mol. The van der Waals surface area contributed by atoms with Crippen LogP contribution in [0.5, 0.6) is 5.75 Å². The summed E-state index contributed by atoms with van der Waals surface area (Å²) in [7, 11) is -1.60. The van der Waals surface area contributed by atoms with Crippen molar-refractivity contribution < 1.29 is 36.3 Å². The largest absolute Gasteiger partial charge is 0.494 e. The molecule has 0 spiro atoms. The molecule has 1 aromatic carbocycles. The second-order valence-corrected chi connectivity index (χ2v) is 12.6. The lowest BCUT2D eigenvalue weighted by Crippen LogP contribution is -2.61. The molecule has 160 valence electrons. The SMILES string of the molecule is CCOC(=O)C(CC(C)(C)c1cccc(OC)c1F)(O[Si](C)(C)C)C(F)(F)F. The van der Waals surface area contributed by atoms with E-state index < -0.39 is 43.7 Å². The van der Waals surface area contributed by atoms with Crippen LogP contribution in [0.4, 0.5) is 17.6 Å². The van der Waals surface area contributed by atoms with Crippen LogP contribution in [0.15, 0.2) is 18.2 Å². The van der Waals surface area contributed by atoms with Crippen LogP contribution < -0.4 is 4.74 Å². The summed E-state index contributed by atoms with van der Waals surface area (Å²) in [5.74, 6) is -2.38. The quantitative estimate of drug-likeness (QED) is 0.326. The first-order valence-electron chi connectivity index (χ1n) is 8.88. The van der Waals surface area contributed by atoms with Crippen LogP contribution >= 0.6 is 0 Å². The maximum atomic E-state index is 14.8. The Morgan fingerprint density at radius 1 is 1.14 bits per heavy atom. The first kappa shape index (κ1) is 24.4. The summed E-state index contributed by atoms with van der Waals surface area (Å²) in [6, 6.07) is 4.23. The molecule has 0 fully saturated rings. The van der Waals surface area contributed by atoms with Crippen molar-refractivity contribution >= 4 is 14.3 Å². The molecule has 0 amide bonds. The van der Waals surface area contributed by atoms with Crippen LogP contribution in [0.3, 0.4) is 0 Å². The number of ether oxygens (including phenoxy) is 2. The minimum absolute atomic E-state index is 0.0102. The Hall–Kier alpha value is -1.61. The molecule has 28 heavy (non-hydrogen) atoms. The molecule has 0 radical (unpaired) electrons. The van der Waals surface area contributed by atoms with Crippen LogP contribution in [0.2, 0.25) is 19.6 Å². The second kappa shape index (κ2) is 8.40. The van der Waals surface area contributed by atoms with Gasteiger partial charge in [0.2, 0.25) is 0 Å². The Bertz CT molecular complexity index is 698. The van der Waals surface area contributed by atoms with E-state index in [4.69, 9.17) is 13.9 Å². The van der Waals surface area contributed by atoms with Gasteiger partial charge in [-0.05, 0) is 43.6 Å². The van der Waals surface area contributed by atoms with Crippen molar-refractivity contribution in [3.05, 3.63) is 29.6 Å². The van der Waals surface area contributed by atoms with Gasteiger partial charge in [0.15, 0.2) is 19.9 Å². The highest BCUT2D eigenvalue weighted by Crippen LogP contribution is 2.46. The van der Waals surface area contributed by atoms with Crippen molar-refractivity contribution in [1.29, 1.82) is 0 Å². The van der Waals surface area contributed by atoms with Gasteiger partial charge < -0.3 is 13.9 Å². The van der Waals surface area contributed by atoms with Crippen molar-refractivity contribution in [3.8, 4) is 5.75 Å². The molecule has 0 aliphatic rings. The molecule has 1 atom stereocenters. The number of hydrogen-bond acceptors (Lipinski definition) is 4. The Morgan fingerprint density at radius 3 is 2.14 bits per heavy atom. The van der Waals surface area contributed by atoms with Crippen LogP contribution in [0.1, 0.15) is 32.8 Å². The lowest BCUT2D eigenvalue weighted by Gasteiger charge is -2.42. The summed E-state index contributed by atoms with van der Waals surface area (Å²) in [5.41, 5.74) is -4.63. The fourth-order valence-electron chi connectivity index (χ4n) is 3.10. The van der Waals surface area contributed by atoms with Gasteiger partial charge in [-0.2, -0.15) is 13.2 Å². The van der Waals surface area contributed by atoms with Gasteiger partial charge in [-0.1, -0.05) is 26.0 Å². The summed E-state index contributed by atoms with van der Waals surface area (Å²) < 4.78 is 72.7. The monoisotopic (exact) mass is 424 g/mol. The molecule has 0 saturated carbocycles. The third-order valence-electron chi connectivity index (χ3n) is 4.15. The maximum Gasteiger partial charge on any atom is 0.427 e. The molecule has 4 nitrogen and oxygen atoms in total. The number of hydrogen-bond donors (Lipinski definition) is 0. The van der Waals surface area contributed by atoms with Crippen molar-refractivity contribution in [1.82, 2.24) is 0 Å². The second-order valence-electron chi connectivity index (χ2n) is 8.14. The molecule has 1 rings (SSSR count). The molecule has 0 aromatic heterocycles. The number of alkyl halides is 3. The number of halogens is 4.